The van der Waals surface area contributed by atoms with Gasteiger partial charge in [-0.25, -0.2) is 0 Å². The molecule has 1 nitrogen and oxygen atoms in total. The molecular formula is C11H16OS2. The second kappa shape index (κ2) is 4.25. The zero-order valence-electron chi connectivity index (χ0n) is 8.40. The van der Waals surface area contributed by atoms with Crippen LogP contribution in [0.15, 0.2) is 17.5 Å². The highest BCUT2D eigenvalue weighted by atomic mass is 32.2. The van der Waals surface area contributed by atoms with E-state index < -0.39 is 5.60 Å². The quantitative estimate of drug-likeness (QED) is 0.858. The van der Waals surface area contributed by atoms with Crippen molar-refractivity contribution in [1.29, 1.82) is 0 Å². The first kappa shape index (κ1) is 10.5. The van der Waals surface area contributed by atoms with Crippen LogP contribution in [0.4, 0.5) is 0 Å². The van der Waals surface area contributed by atoms with E-state index in [1.165, 1.54) is 4.88 Å². The second-order valence-electron chi connectivity index (χ2n) is 4.13. The van der Waals surface area contributed by atoms with Crippen molar-refractivity contribution < 1.29 is 5.11 Å². The average molecular weight is 228 g/mol. The normalized spacial score (nSPS) is 32.3. The lowest BCUT2D eigenvalue weighted by Crippen LogP contribution is -2.29. The molecule has 1 aromatic rings. The molecule has 2 unspecified atom stereocenters. The van der Waals surface area contributed by atoms with Crippen molar-refractivity contribution in [2.24, 2.45) is 0 Å². The van der Waals surface area contributed by atoms with Gasteiger partial charge in [0.15, 0.2) is 0 Å². The Morgan fingerprint density at radius 1 is 1.64 bits per heavy atom. The van der Waals surface area contributed by atoms with Crippen molar-refractivity contribution in [3.8, 4) is 0 Å². The Labute approximate surface area is 93.5 Å². The summed E-state index contributed by atoms with van der Waals surface area (Å²) in [7, 11) is 0. The molecule has 1 N–H and O–H groups in total. The third kappa shape index (κ3) is 2.53. The van der Waals surface area contributed by atoms with Crippen LogP contribution in [0, 0.1) is 0 Å². The standard InChI is InChI=1S/C11H16OS2/c1-9-7-11(12,8-14-9)5-4-10-3-2-6-13-10/h2-3,6,9,12H,4-5,7-8H2,1H3. The maximum atomic E-state index is 10.2. The fourth-order valence-corrected chi connectivity index (χ4v) is 3.93. The molecule has 0 bridgehead atoms. The van der Waals surface area contributed by atoms with E-state index in [1.807, 2.05) is 11.8 Å². The highest BCUT2D eigenvalue weighted by Crippen LogP contribution is 2.37. The van der Waals surface area contributed by atoms with Crippen LogP contribution in [-0.4, -0.2) is 21.7 Å². The van der Waals surface area contributed by atoms with E-state index in [9.17, 15) is 5.11 Å². The first-order valence-electron chi connectivity index (χ1n) is 5.04. The van der Waals surface area contributed by atoms with Crippen LogP contribution in [0.3, 0.4) is 0 Å². The summed E-state index contributed by atoms with van der Waals surface area (Å²) in [6, 6.07) is 4.23. The Bertz CT molecular complexity index is 283. The SMILES string of the molecule is CC1CC(O)(CCc2cccs2)CS1. The molecule has 0 aliphatic carbocycles. The molecule has 1 aliphatic heterocycles. The number of aliphatic hydroxyl groups is 1. The monoisotopic (exact) mass is 228 g/mol. The minimum atomic E-state index is -0.395. The van der Waals surface area contributed by atoms with Gasteiger partial charge in [-0.15, -0.1) is 11.3 Å². The van der Waals surface area contributed by atoms with Gasteiger partial charge in [-0.2, -0.15) is 11.8 Å². The zero-order valence-corrected chi connectivity index (χ0v) is 10.0. The van der Waals surface area contributed by atoms with E-state index in [4.69, 9.17) is 0 Å². The lowest BCUT2D eigenvalue weighted by atomic mass is 9.94. The Morgan fingerprint density at radius 3 is 3.07 bits per heavy atom. The predicted molar refractivity (Wildman–Crippen MR) is 64.1 cm³/mol. The summed E-state index contributed by atoms with van der Waals surface area (Å²) in [5, 5.41) is 13.0. The van der Waals surface area contributed by atoms with Crippen molar-refractivity contribution in [1.82, 2.24) is 0 Å². The third-order valence-electron chi connectivity index (χ3n) is 2.72. The fraction of sp³-hybridized carbons (Fsp3) is 0.636. The Kier molecular flexibility index (Phi) is 3.20. The Morgan fingerprint density at radius 2 is 2.50 bits per heavy atom. The van der Waals surface area contributed by atoms with Crippen LogP contribution in [0.1, 0.15) is 24.6 Å². The first-order valence-corrected chi connectivity index (χ1v) is 6.97. The van der Waals surface area contributed by atoms with Gasteiger partial charge < -0.3 is 5.11 Å². The second-order valence-corrected chi connectivity index (χ2v) is 6.59. The van der Waals surface area contributed by atoms with E-state index in [1.54, 1.807) is 11.3 Å². The van der Waals surface area contributed by atoms with Gasteiger partial charge in [-0.3, -0.25) is 0 Å². The topological polar surface area (TPSA) is 20.2 Å². The molecule has 14 heavy (non-hydrogen) atoms. The van der Waals surface area contributed by atoms with Crippen LogP contribution in [0.2, 0.25) is 0 Å². The number of hydrogen-bond acceptors (Lipinski definition) is 3. The number of hydrogen-bond donors (Lipinski definition) is 1. The number of aryl methyl sites for hydroxylation is 1. The van der Waals surface area contributed by atoms with Gasteiger partial charge in [-0.1, -0.05) is 13.0 Å². The maximum Gasteiger partial charge on any atom is 0.0751 e. The Hall–Kier alpha value is 0.01000. The van der Waals surface area contributed by atoms with Gasteiger partial charge in [0.05, 0.1) is 5.60 Å². The summed E-state index contributed by atoms with van der Waals surface area (Å²) >= 11 is 3.68. The molecule has 1 aromatic heterocycles. The summed E-state index contributed by atoms with van der Waals surface area (Å²) in [5.74, 6) is 0.916. The molecule has 0 saturated carbocycles. The van der Waals surface area contributed by atoms with Crippen molar-refractivity contribution in [3.05, 3.63) is 22.4 Å². The molecule has 0 radical (unpaired) electrons. The van der Waals surface area contributed by atoms with Gasteiger partial charge in [0.2, 0.25) is 0 Å². The van der Waals surface area contributed by atoms with E-state index in [2.05, 4.69) is 24.4 Å². The van der Waals surface area contributed by atoms with E-state index in [0.29, 0.717) is 5.25 Å². The minimum absolute atomic E-state index is 0.395. The van der Waals surface area contributed by atoms with Crippen molar-refractivity contribution in [2.75, 3.05) is 5.75 Å². The highest BCUT2D eigenvalue weighted by Gasteiger charge is 2.35. The zero-order chi connectivity index (χ0) is 10.0. The molecule has 2 heterocycles. The largest absolute Gasteiger partial charge is 0.389 e. The number of thioether (sulfide) groups is 1. The van der Waals surface area contributed by atoms with Crippen LogP contribution >= 0.6 is 23.1 Å². The summed E-state index contributed by atoms with van der Waals surface area (Å²) in [6.07, 6.45) is 2.91. The highest BCUT2D eigenvalue weighted by molar-refractivity contribution is 8.00. The molecule has 0 spiro atoms. The Balaban J connectivity index is 1.86. The van der Waals surface area contributed by atoms with E-state index >= 15 is 0 Å². The van der Waals surface area contributed by atoms with Gasteiger partial charge >= 0.3 is 0 Å². The molecule has 1 fully saturated rings. The molecule has 2 rings (SSSR count). The average Bonchev–Trinajstić information content (AvgIpc) is 2.73. The van der Waals surface area contributed by atoms with Crippen molar-refractivity contribution in [3.63, 3.8) is 0 Å². The molecule has 0 amide bonds. The lowest BCUT2D eigenvalue weighted by Gasteiger charge is -2.20. The van der Waals surface area contributed by atoms with E-state index in [0.717, 1.165) is 25.0 Å². The van der Waals surface area contributed by atoms with E-state index in [-0.39, 0.29) is 0 Å². The van der Waals surface area contributed by atoms with Gasteiger partial charge in [0.25, 0.3) is 0 Å². The summed E-state index contributed by atoms with van der Waals surface area (Å²) in [6.45, 7) is 2.20. The summed E-state index contributed by atoms with van der Waals surface area (Å²) < 4.78 is 0. The molecule has 78 valence electrons. The molecule has 1 aliphatic rings. The van der Waals surface area contributed by atoms with Gasteiger partial charge in [0.1, 0.15) is 0 Å². The lowest BCUT2D eigenvalue weighted by molar-refractivity contribution is 0.0552. The smallest absolute Gasteiger partial charge is 0.0751 e. The molecule has 1 saturated heterocycles. The summed E-state index contributed by atoms with van der Waals surface area (Å²) in [4.78, 5) is 1.39. The molecule has 2 atom stereocenters. The van der Waals surface area contributed by atoms with Crippen LogP contribution in [0.5, 0.6) is 0 Å². The first-order chi connectivity index (χ1) is 6.68. The van der Waals surface area contributed by atoms with Crippen LogP contribution in [0.25, 0.3) is 0 Å². The predicted octanol–water partition coefficient (Wildman–Crippen LogP) is 2.94. The maximum absolute atomic E-state index is 10.2. The number of thiophene rings is 1. The molecular weight excluding hydrogens is 212 g/mol. The van der Waals surface area contributed by atoms with Crippen molar-refractivity contribution in [2.45, 2.75) is 37.0 Å². The van der Waals surface area contributed by atoms with Crippen LogP contribution in [-0.2, 0) is 6.42 Å². The van der Waals surface area contributed by atoms with Gasteiger partial charge in [-0.05, 0) is 30.7 Å². The summed E-state index contributed by atoms with van der Waals surface area (Å²) in [5.41, 5.74) is -0.395. The minimum Gasteiger partial charge on any atom is -0.389 e. The number of rotatable bonds is 3. The third-order valence-corrected chi connectivity index (χ3v) is 5.10. The van der Waals surface area contributed by atoms with Crippen molar-refractivity contribution >= 4 is 23.1 Å². The van der Waals surface area contributed by atoms with Gasteiger partial charge in [0, 0.05) is 15.9 Å². The molecule has 0 aromatic carbocycles. The fourth-order valence-electron chi connectivity index (χ4n) is 1.94. The molecule has 3 heteroatoms. The van der Waals surface area contributed by atoms with Crippen LogP contribution < -0.4 is 0 Å².